The van der Waals surface area contributed by atoms with Gasteiger partial charge in [0.15, 0.2) is 0 Å². The lowest BCUT2D eigenvalue weighted by molar-refractivity contribution is 0.567. The monoisotopic (exact) mass is 858 g/mol. The number of rotatable bonds is 2. The molecule has 0 amide bonds. The van der Waals surface area contributed by atoms with Crippen LogP contribution in [-0.4, -0.2) is 17.9 Å². The molecule has 4 nitrogen and oxygen atoms in total. The van der Waals surface area contributed by atoms with Crippen molar-refractivity contribution in [2.45, 2.75) is 105 Å². The van der Waals surface area contributed by atoms with Crippen LogP contribution in [-0.2, 0) is 21.7 Å². The van der Waals surface area contributed by atoms with E-state index in [4.69, 9.17) is 0 Å². The molecule has 0 radical (unpaired) electrons. The molecule has 0 N–H and O–H groups in total. The molecule has 66 heavy (non-hydrogen) atoms. The zero-order valence-corrected chi connectivity index (χ0v) is 40.5. The number of nitrogens with zero attached hydrogens (tertiary/aromatic N) is 4. The van der Waals surface area contributed by atoms with Crippen LogP contribution in [0.5, 0.6) is 0 Å². The molecule has 0 saturated carbocycles. The summed E-state index contributed by atoms with van der Waals surface area (Å²) < 4.78 is 10.3. The molecule has 0 aliphatic carbocycles. The molecule has 326 valence electrons. The highest BCUT2D eigenvalue weighted by molar-refractivity contribution is 6.37. The van der Waals surface area contributed by atoms with Crippen molar-refractivity contribution in [2.75, 3.05) is 0 Å². The average Bonchev–Trinajstić information content (AvgIpc) is 4.10. The molecular weight excluding hydrogens is 801 g/mol. The lowest BCUT2D eigenvalue weighted by Gasteiger charge is -2.20. The zero-order valence-electron chi connectivity index (χ0n) is 40.5. The van der Waals surface area contributed by atoms with Crippen molar-refractivity contribution in [3.8, 4) is 11.4 Å². The van der Waals surface area contributed by atoms with E-state index >= 15 is 0 Å². The standard InChI is InChI=1S/C62H58N4/c1-59(2,3)37-19-17-21-39(31-37)63-45-25-15-13-23-41(45)53-49(63)27-35-29-51(61(7,8)9)65-47-34-48-44(33-43(47)55(53)57(35)65)56-54-42-24-14-16-26-46(42)64(40-22-18-20-38(32-40)60(4,5)6)50(54)28-36-30-52(62(10,11)12)66(48)58(36)56/h13-34H,1-12H3. The van der Waals surface area contributed by atoms with Crippen molar-refractivity contribution >= 4 is 98.0 Å². The van der Waals surface area contributed by atoms with Crippen molar-refractivity contribution in [1.82, 2.24) is 17.9 Å². The molecule has 13 aromatic rings. The summed E-state index contributed by atoms with van der Waals surface area (Å²) in [6.07, 6.45) is 0. The average molecular weight is 859 g/mol. The second-order valence-corrected chi connectivity index (χ2v) is 23.6. The van der Waals surface area contributed by atoms with Gasteiger partial charge in [0, 0.05) is 87.5 Å². The highest BCUT2D eigenvalue weighted by Gasteiger charge is 2.32. The summed E-state index contributed by atoms with van der Waals surface area (Å²) in [7, 11) is 0. The Balaban J connectivity index is 1.26. The van der Waals surface area contributed by atoms with Gasteiger partial charge < -0.3 is 17.9 Å². The minimum Gasteiger partial charge on any atom is -0.312 e. The third-order valence-electron chi connectivity index (χ3n) is 15.1. The van der Waals surface area contributed by atoms with Crippen LogP contribution in [0.2, 0.25) is 0 Å². The smallest absolute Gasteiger partial charge is 0.0618 e. The fourth-order valence-corrected chi connectivity index (χ4v) is 11.9. The number of para-hydroxylation sites is 2. The van der Waals surface area contributed by atoms with Gasteiger partial charge in [-0.2, -0.15) is 0 Å². The van der Waals surface area contributed by atoms with Gasteiger partial charge in [-0.3, -0.25) is 0 Å². The Bertz CT molecular complexity index is 3910. The lowest BCUT2D eigenvalue weighted by Crippen LogP contribution is -2.14. The van der Waals surface area contributed by atoms with Crippen LogP contribution >= 0.6 is 0 Å². The maximum atomic E-state index is 2.64. The van der Waals surface area contributed by atoms with Crippen molar-refractivity contribution in [2.24, 2.45) is 0 Å². The van der Waals surface area contributed by atoms with Crippen molar-refractivity contribution in [3.63, 3.8) is 0 Å². The summed E-state index contributed by atoms with van der Waals surface area (Å²) in [5, 5.41) is 13.1. The third-order valence-corrected chi connectivity index (χ3v) is 15.1. The van der Waals surface area contributed by atoms with Crippen molar-refractivity contribution in [1.29, 1.82) is 0 Å². The minimum atomic E-state index is -0.0987. The number of benzene rings is 7. The molecule has 6 aromatic heterocycles. The van der Waals surface area contributed by atoms with Gasteiger partial charge in [-0.15, -0.1) is 0 Å². The van der Waals surface area contributed by atoms with Gasteiger partial charge in [-0.05, 0) is 94.8 Å². The Kier molecular flexibility index (Phi) is 7.53. The topological polar surface area (TPSA) is 18.7 Å². The third kappa shape index (κ3) is 5.16. The fraction of sp³-hybridized carbons (Fsp3) is 0.258. The van der Waals surface area contributed by atoms with Crippen LogP contribution in [0.1, 0.15) is 106 Å². The van der Waals surface area contributed by atoms with E-state index in [0.29, 0.717) is 0 Å². The molecular formula is C62H58N4. The minimum absolute atomic E-state index is 0.0249. The van der Waals surface area contributed by atoms with Crippen molar-refractivity contribution < 1.29 is 0 Å². The summed E-state index contributed by atoms with van der Waals surface area (Å²) >= 11 is 0. The maximum absolute atomic E-state index is 2.64. The Morgan fingerprint density at radius 1 is 0.303 bits per heavy atom. The lowest BCUT2D eigenvalue weighted by atomic mass is 9.87. The van der Waals surface area contributed by atoms with Crippen LogP contribution in [0.3, 0.4) is 0 Å². The highest BCUT2D eigenvalue weighted by Crippen LogP contribution is 2.51. The van der Waals surface area contributed by atoms with E-state index in [1.165, 1.54) is 132 Å². The predicted octanol–water partition coefficient (Wildman–Crippen LogP) is 17.1. The van der Waals surface area contributed by atoms with E-state index in [1.807, 2.05) is 0 Å². The molecule has 0 saturated heterocycles. The maximum Gasteiger partial charge on any atom is 0.0618 e. The van der Waals surface area contributed by atoms with Crippen molar-refractivity contribution in [3.05, 3.63) is 156 Å². The predicted molar refractivity (Wildman–Crippen MR) is 284 cm³/mol. The molecule has 13 rings (SSSR count). The highest BCUT2D eigenvalue weighted by atomic mass is 15.0. The second kappa shape index (κ2) is 12.6. The van der Waals surface area contributed by atoms with Crippen LogP contribution in [0.25, 0.3) is 109 Å². The zero-order chi connectivity index (χ0) is 45.7. The number of hydrogen-bond donors (Lipinski definition) is 0. The van der Waals surface area contributed by atoms with Crippen LogP contribution in [0, 0.1) is 0 Å². The molecule has 0 aliphatic rings. The summed E-state index contributed by atoms with van der Waals surface area (Å²) in [6.45, 7) is 28.1. The Morgan fingerprint density at radius 2 is 0.712 bits per heavy atom. The second-order valence-electron chi connectivity index (χ2n) is 23.6. The first-order valence-electron chi connectivity index (χ1n) is 23.9. The first kappa shape index (κ1) is 39.6. The molecule has 0 aliphatic heterocycles. The quantitative estimate of drug-likeness (QED) is 0.165. The van der Waals surface area contributed by atoms with Gasteiger partial charge in [0.25, 0.3) is 0 Å². The van der Waals surface area contributed by atoms with Gasteiger partial charge >= 0.3 is 0 Å². The van der Waals surface area contributed by atoms with Crippen LogP contribution < -0.4 is 0 Å². The Labute approximate surface area is 386 Å². The van der Waals surface area contributed by atoms with E-state index in [1.54, 1.807) is 0 Å². The van der Waals surface area contributed by atoms with Gasteiger partial charge in [-0.1, -0.05) is 144 Å². The van der Waals surface area contributed by atoms with E-state index < -0.39 is 0 Å². The van der Waals surface area contributed by atoms with Gasteiger partial charge in [0.05, 0.1) is 44.1 Å². The van der Waals surface area contributed by atoms with E-state index in [-0.39, 0.29) is 21.7 Å². The molecule has 0 atom stereocenters. The number of aromatic nitrogens is 4. The van der Waals surface area contributed by atoms with E-state index in [2.05, 4.69) is 234 Å². The van der Waals surface area contributed by atoms with Crippen LogP contribution in [0.4, 0.5) is 0 Å². The molecule has 0 fully saturated rings. The molecule has 4 heteroatoms. The SMILES string of the molecule is CC(C)(C)c1cccc(-n2c3ccccc3c3c4c5cc6c7c8c9ccccc9n(-c9cccc(C(C)(C)C)c9)c8cc8cc(C(C)(C)C)n(c6cc5n5c(C(C)(C)C)cc(cc32)c45)c87)c1. The van der Waals surface area contributed by atoms with Crippen LogP contribution in [0.15, 0.2) is 133 Å². The molecule has 0 spiro atoms. The molecule has 0 unspecified atom stereocenters. The normalized spacial score (nSPS) is 13.8. The number of fused-ring (bicyclic) bond motifs is 14. The number of hydrogen-bond acceptors (Lipinski definition) is 0. The molecule has 6 heterocycles. The fourth-order valence-electron chi connectivity index (χ4n) is 11.9. The molecule has 7 aromatic carbocycles. The summed E-state index contributed by atoms with van der Waals surface area (Å²) in [5.41, 5.74) is 17.8. The largest absolute Gasteiger partial charge is 0.312 e. The van der Waals surface area contributed by atoms with Gasteiger partial charge in [0.2, 0.25) is 0 Å². The van der Waals surface area contributed by atoms with E-state index in [9.17, 15) is 0 Å². The summed E-state index contributed by atoms with van der Waals surface area (Å²) in [5.74, 6) is 0. The first-order valence-corrected chi connectivity index (χ1v) is 23.9. The molecule has 0 bridgehead atoms. The Morgan fingerprint density at radius 3 is 1.11 bits per heavy atom. The summed E-state index contributed by atoms with van der Waals surface area (Å²) in [4.78, 5) is 0. The summed E-state index contributed by atoms with van der Waals surface area (Å²) in [6, 6.07) is 51.7. The van der Waals surface area contributed by atoms with Gasteiger partial charge in [-0.25, -0.2) is 0 Å². The van der Waals surface area contributed by atoms with Gasteiger partial charge in [0.1, 0.15) is 0 Å². The van der Waals surface area contributed by atoms with E-state index in [0.717, 1.165) is 0 Å². The first-order chi connectivity index (χ1) is 31.3. The Hall–Kier alpha value is -6.78.